The molecule has 0 atom stereocenters. The Bertz CT molecular complexity index is 529. The van der Waals surface area contributed by atoms with E-state index in [0.29, 0.717) is 5.84 Å². The molecule has 1 aromatic carbocycles. The molecular formula is C16H21N3O. The highest BCUT2D eigenvalue weighted by atomic mass is 16.3. The summed E-state index contributed by atoms with van der Waals surface area (Å²) in [6, 6.07) is 11.6. The third-order valence-electron chi connectivity index (χ3n) is 3.06. The van der Waals surface area contributed by atoms with Crippen molar-refractivity contribution in [1.29, 1.82) is 5.41 Å². The number of furan rings is 1. The van der Waals surface area contributed by atoms with Crippen LogP contribution in [0.15, 0.2) is 47.1 Å². The zero-order chi connectivity index (χ0) is 14.4. The molecule has 106 valence electrons. The minimum atomic E-state index is 0.467. The molecule has 0 fully saturated rings. The molecule has 0 aliphatic heterocycles. The smallest absolute Gasteiger partial charge is 0.133 e. The van der Waals surface area contributed by atoms with E-state index in [1.165, 1.54) is 0 Å². The lowest BCUT2D eigenvalue weighted by Gasteiger charge is -2.11. The Balaban J connectivity index is 1.88. The van der Waals surface area contributed by atoms with E-state index < -0.39 is 0 Å². The van der Waals surface area contributed by atoms with Gasteiger partial charge >= 0.3 is 0 Å². The van der Waals surface area contributed by atoms with Gasteiger partial charge in [0, 0.05) is 17.7 Å². The van der Waals surface area contributed by atoms with Crippen molar-refractivity contribution in [3.05, 3.63) is 48.2 Å². The van der Waals surface area contributed by atoms with Gasteiger partial charge in [-0.2, -0.15) is 0 Å². The molecule has 2 rings (SSSR count). The first kappa shape index (κ1) is 14.3. The molecule has 0 aliphatic carbocycles. The van der Waals surface area contributed by atoms with Gasteiger partial charge in [0.1, 0.15) is 11.6 Å². The summed E-state index contributed by atoms with van der Waals surface area (Å²) in [6.07, 6.45) is 2.69. The SMILES string of the molecule is CN(C)CCCNC(=N)c1ccc(-c2ccco2)cc1. The zero-order valence-electron chi connectivity index (χ0n) is 12.0. The molecule has 1 aromatic heterocycles. The van der Waals surface area contributed by atoms with Gasteiger partial charge in [-0.3, -0.25) is 5.41 Å². The maximum absolute atomic E-state index is 8.01. The van der Waals surface area contributed by atoms with Crippen molar-refractivity contribution in [2.75, 3.05) is 27.2 Å². The first-order valence-electron chi connectivity index (χ1n) is 6.78. The van der Waals surface area contributed by atoms with Gasteiger partial charge in [0.15, 0.2) is 0 Å². The number of benzene rings is 1. The van der Waals surface area contributed by atoms with E-state index in [-0.39, 0.29) is 0 Å². The summed E-state index contributed by atoms with van der Waals surface area (Å²) < 4.78 is 5.35. The van der Waals surface area contributed by atoms with Crippen LogP contribution in [-0.4, -0.2) is 37.9 Å². The topological polar surface area (TPSA) is 52.3 Å². The molecule has 4 nitrogen and oxygen atoms in total. The zero-order valence-corrected chi connectivity index (χ0v) is 12.0. The van der Waals surface area contributed by atoms with Crippen LogP contribution >= 0.6 is 0 Å². The maximum atomic E-state index is 8.01. The number of hydrogen-bond acceptors (Lipinski definition) is 3. The van der Waals surface area contributed by atoms with Gasteiger partial charge in [0.25, 0.3) is 0 Å². The number of rotatable bonds is 6. The van der Waals surface area contributed by atoms with E-state index in [1.807, 2.05) is 36.4 Å². The predicted molar refractivity (Wildman–Crippen MR) is 82.1 cm³/mol. The van der Waals surface area contributed by atoms with Crippen molar-refractivity contribution >= 4 is 5.84 Å². The molecule has 0 amide bonds. The second-order valence-corrected chi connectivity index (χ2v) is 5.01. The van der Waals surface area contributed by atoms with E-state index in [4.69, 9.17) is 9.83 Å². The van der Waals surface area contributed by atoms with Gasteiger partial charge in [-0.25, -0.2) is 0 Å². The lowest BCUT2D eigenvalue weighted by atomic mass is 10.1. The maximum Gasteiger partial charge on any atom is 0.133 e. The summed E-state index contributed by atoms with van der Waals surface area (Å²) in [6.45, 7) is 1.84. The van der Waals surface area contributed by atoms with E-state index in [2.05, 4.69) is 24.3 Å². The average Bonchev–Trinajstić information content (AvgIpc) is 2.97. The fraction of sp³-hybridized carbons (Fsp3) is 0.312. The Morgan fingerprint density at radius 3 is 2.55 bits per heavy atom. The minimum Gasteiger partial charge on any atom is -0.464 e. The number of amidine groups is 1. The molecule has 0 unspecified atom stereocenters. The molecule has 0 aliphatic rings. The Hall–Kier alpha value is -2.07. The Kier molecular flexibility index (Phi) is 4.96. The third kappa shape index (κ3) is 3.96. The molecule has 20 heavy (non-hydrogen) atoms. The monoisotopic (exact) mass is 271 g/mol. The van der Waals surface area contributed by atoms with E-state index >= 15 is 0 Å². The first-order valence-corrected chi connectivity index (χ1v) is 6.78. The van der Waals surface area contributed by atoms with Crippen molar-refractivity contribution in [1.82, 2.24) is 10.2 Å². The highest BCUT2D eigenvalue weighted by Crippen LogP contribution is 2.19. The third-order valence-corrected chi connectivity index (χ3v) is 3.06. The van der Waals surface area contributed by atoms with Crippen LogP contribution in [0.4, 0.5) is 0 Å². The van der Waals surface area contributed by atoms with Crippen molar-refractivity contribution in [3.63, 3.8) is 0 Å². The van der Waals surface area contributed by atoms with E-state index in [1.54, 1.807) is 6.26 Å². The van der Waals surface area contributed by atoms with Gasteiger partial charge in [-0.05, 0) is 39.2 Å². The molecule has 0 saturated carbocycles. The van der Waals surface area contributed by atoms with Gasteiger partial charge in [0.2, 0.25) is 0 Å². The van der Waals surface area contributed by atoms with Crippen LogP contribution in [0.5, 0.6) is 0 Å². The predicted octanol–water partition coefficient (Wildman–Crippen LogP) is 2.81. The summed E-state index contributed by atoms with van der Waals surface area (Å²) in [5.74, 6) is 1.32. The largest absolute Gasteiger partial charge is 0.464 e. The quantitative estimate of drug-likeness (QED) is 0.482. The summed E-state index contributed by atoms with van der Waals surface area (Å²) in [7, 11) is 4.11. The Labute approximate surface area is 119 Å². The number of nitrogens with zero attached hydrogens (tertiary/aromatic N) is 1. The fourth-order valence-electron chi connectivity index (χ4n) is 1.95. The minimum absolute atomic E-state index is 0.467. The lowest BCUT2D eigenvalue weighted by Crippen LogP contribution is -2.27. The Morgan fingerprint density at radius 2 is 1.95 bits per heavy atom. The van der Waals surface area contributed by atoms with Gasteiger partial charge in [0.05, 0.1) is 6.26 Å². The van der Waals surface area contributed by atoms with Crippen molar-refractivity contribution in [2.24, 2.45) is 0 Å². The summed E-state index contributed by atoms with van der Waals surface area (Å²) in [4.78, 5) is 2.14. The fourth-order valence-corrected chi connectivity index (χ4v) is 1.95. The normalized spacial score (nSPS) is 10.8. The van der Waals surface area contributed by atoms with Crippen molar-refractivity contribution in [3.8, 4) is 11.3 Å². The van der Waals surface area contributed by atoms with Crippen LogP contribution in [0.25, 0.3) is 11.3 Å². The molecule has 0 saturated heterocycles. The second kappa shape index (κ2) is 6.91. The van der Waals surface area contributed by atoms with E-state index in [0.717, 1.165) is 36.4 Å². The van der Waals surface area contributed by atoms with Gasteiger partial charge in [-0.1, -0.05) is 24.3 Å². The molecular weight excluding hydrogens is 250 g/mol. The summed E-state index contributed by atoms with van der Waals surface area (Å²) in [5.41, 5.74) is 1.92. The second-order valence-electron chi connectivity index (χ2n) is 5.01. The van der Waals surface area contributed by atoms with Crippen LogP contribution in [0.2, 0.25) is 0 Å². The van der Waals surface area contributed by atoms with Crippen LogP contribution in [0.1, 0.15) is 12.0 Å². The van der Waals surface area contributed by atoms with Gasteiger partial charge in [-0.15, -0.1) is 0 Å². The number of hydrogen-bond donors (Lipinski definition) is 2. The molecule has 0 radical (unpaired) electrons. The lowest BCUT2D eigenvalue weighted by molar-refractivity contribution is 0.400. The molecule has 2 N–H and O–H groups in total. The van der Waals surface area contributed by atoms with Crippen molar-refractivity contribution < 1.29 is 4.42 Å². The molecule has 1 heterocycles. The molecule has 2 aromatic rings. The first-order chi connectivity index (χ1) is 9.66. The average molecular weight is 271 g/mol. The van der Waals surface area contributed by atoms with E-state index in [9.17, 15) is 0 Å². The van der Waals surface area contributed by atoms with Crippen molar-refractivity contribution in [2.45, 2.75) is 6.42 Å². The molecule has 0 spiro atoms. The standard InChI is InChI=1S/C16H21N3O/c1-19(2)11-4-10-18-16(17)14-8-6-13(7-9-14)15-5-3-12-20-15/h3,5-9,12H,4,10-11H2,1-2H3,(H2,17,18). The van der Waals surface area contributed by atoms with Crippen LogP contribution in [0.3, 0.4) is 0 Å². The van der Waals surface area contributed by atoms with Crippen LogP contribution in [-0.2, 0) is 0 Å². The van der Waals surface area contributed by atoms with Crippen LogP contribution < -0.4 is 5.32 Å². The Morgan fingerprint density at radius 1 is 1.20 bits per heavy atom. The molecule has 4 heteroatoms. The highest BCUT2D eigenvalue weighted by Gasteiger charge is 2.03. The highest BCUT2D eigenvalue weighted by molar-refractivity contribution is 5.96. The summed E-state index contributed by atoms with van der Waals surface area (Å²) >= 11 is 0. The number of nitrogens with one attached hydrogen (secondary N) is 2. The summed E-state index contributed by atoms with van der Waals surface area (Å²) in [5, 5.41) is 11.2. The van der Waals surface area contributed by atoms with Crippen LogP contribution in [0, 0.1) is 5.41 Å². The van der Waals surface area contributed by atoms with Gasteiger partial charge < -0.3 is 14.6 Å². The molecule has 0 bridgehead atoms.